The van der Waals surface area contributed by atoms with Crippen LogP contribution < -0.4 is 15.4 Å². The molecule has 1 aromatic heterocycles. The van der Waals surface area contributed by atoms with Crippen LogP contribution in [0.3, 0.4) is 0 Å². The predicted octanol–water partition coefficient (Wildman–Crippen LogP) is 7.28. The number of benzene rings is 2. The van der Waals surface area contributed by atoms with Gasteiger partial charge in [0.1, 0.15) is 17.1 Å². The van der Waals surface area contributed by atoms with E-state index in [1.807, 2.05) is 39.8 Å². The van der Waals surface area contributed by atoms with Crippen molar-refractivity contribution in [3.05, 3.63) is 65.9 Å². The van der Waals surface area contributed by atoms with Crippen molar-refractivity contribution in [2.75, 3.05) is 10.6 Å². The van der Waals surface area contributed by atoms with Crippen LogP contribution in [0.1, 0.15) is 51.2 Å². The minimum atomic E-state index is -4.59. The molecule has 3 rings (SSSR count). The van der Waals surface area contributed by atoms with Crippen molar-refractivity contribution in [1.82, 2.24) is 9.97 Å². The minimum Gasteiger partial charge on any atom is -0.491 e. The van der Waals surface area contributed by atoms with Crippen molar-refractivity contribution in [2.24, 2.45) is 0 Å². The molecular formula is C24H27F3N4O. The van der Waals surface area contributed by atoms with Crippen molar-refractivity contribution >= 4 is 23.1 Å². The Kier molecular flexibility index (Phi) is 7.22. The first-order valence-electron chi connectivity index (χ1n) is 10.5. The number of alkyl halides is 3. The number of halogens is 3. The number of nitrogens with one attached hydrogen (secondary N) is 2. The molecule has 2 aromatic carbocycles. The molecule has 0 aliphatic rings. The number of para-hydroxylation sites is 1. The van der Waals surface area contributed by atoms with Gasteiger partial charge in [0.05, 0.1) is 6.10 Å². The van der Waals surface area contributed by atoms with Gasteiger partial charge < -0.3 is 15.4 Å². The quantitative estimate of drug-likeness (QED) is 0.382. The van der Waals surface area contributed by atoms with Gasteiger partial charge in [-0.1, -0.05) is 39.0 Å². The zero-order chi connectivity index (χ0) is 23.3. The lowest BCUT2D eigenvalue weighted by Gasteiger charge is -2.18. The molecule has 0 fully saturated rings. The fraction of sp³-hybridized carbons (Fsp3) is 0.333. The SMILES string of the molecule is CCC(C)Oc1ccc(Nc2ncc(C(F)(F)F)c(Nc3ccccc3C(C)C)n2)cc1. The van der Waals surface area contributed by atoms with Crippen molar-refractivity contribution in [3.63, 3.8) is 0 Å². The molecule has 32 heavy (non-hydrogen) atoms. The minimum absolute atomic E-state index is 0.0538. The Hall–Kier alpha value is -3.29. The summed E-state index contributed by atoms with van der Waals surface area (Å²) in [6.07, 6.45) is -2.83. The van der Waals surface area contributed by atoms with Crippen LogP contribution in [0, 0.1) is 0 Å². The van der Waals surface area contributed by atoms with Gasteiger partial charge in [-0.25, -0.2) is 4.98 Å². The second-order valence-electron chi connectivity index (χ2n) is 7.81. The lowest BCUT2D eigenvalue weighted by molar-refractivity contribution is -0.137. The maximum Gasteiger partial charge on any atom is 0.421 e. The molecule has 0 amide bonds. The van der Waals surface area contributed by atoms with Crippen molar-refractivity contribution < 1.29 is 17.9 Å². The van der Waals surface area contributed by atoms with Crippen LogP contribution in [0.5, 0.6) is 5.75 Å². The van der Waals surface area contributed by atoms with Crippen LogP contribution >= 0.6 is 0 Å². The predicted molar refractivity (Wildman–Crippen MR) is 121 cm³/mol. The van der Waals surface area contributed by atoms with E-state index in [1.54, 1.807) is 36.4 Å². The third-order valence-corrected chi connectivity index (χ3v) is 4.95. The molecule has 0 aliphatic heterocycles. The summed E-state index contributed by atoms with van der Waals surface area (Å²) in [5.74, 6) is 0.590. The molecule has 8 heteroatoms. The topological polar surface area (TPSA) is 59.1 Å². The Labute approximate surface area is 186 Å². The highest BCUT2D eigenvalue weighted by molar-refractivity contribution is 5.66. The number of ether oxygens (including phenoxy) is 1. The van der Waals surface area contributed by atoms with E-state index >= 15 is 0 Å². The molecule has 1 heterocycles. The maximum atomic E-state index is 13.6. The number of nitrogens with zero attached hydrogens (tertiary/aromatic N) is 2. The Morgan fingerprint density at radius 2 is 1.66 bits per heavy atom. The zero-order valence-corrected chi connectivity index (χ0v) is 18.5. The Morgan fingerprint density at radius 1 is 0.969 bits per heavy atom. The van der Waals surface area contributed by atoms with Gasteiger partial charge in [-0.15, -0.1) is 0 Å². The van der Waals surface area contributed by atoms with Crippen molar-refractivity contribution in [2.45, 2.75) is 52.3 Å². The molecule has 0 bridgehead atoms. The molecule has 0 saturated carbocycles. The van der Waals surface area contributed by atoms with E-state index < -0.39 is 11.7 Å². The summed E-state index contributed by atoms with van der Waals surface area (Å²) in [6, 6.07) is 14.3. The summed E-state index contributed by atoms with van der Waals surface area (Å²) in [4.78, 5) is 8.00. The van der Waals surface area contributed by atoms with E-state index in [9.17, 15) is 13.2 Å². The van der Waals surface area contributed by atoms with Gasteiger partial charge in [-0.3, -0.25) is 0 Å². The van der Waals surface area contributed by atoms with Gasteiger partial charge in [-0.05, 0) is 55.2 Å². The fourth-order valence-electron chi connectivity index (χ4n) is 3.05. The van der Waals surface area contributed by atoms with Gasteiger partial charge in [-0.2, -0.15) is 18.2 Å². The maximum absolute atomic E-state index is 13.6. The average Bonchev–Trinajstić information content (AvgIpc) is 2.74. The number of aromatic nitrogens is 2. The monoisotopic (exact) mass is 444 g/mol. The lowest BCUT2D eigenvalue weighted by atomic mass is 10.0. The van der Waals surface area contributed by atoms with Crippen LogP contribution in [0.15, 0.2) is 54.7 Å². The van der Waals surface area contributed by atoms with Gasteiger partial charge in [0.2, 0.25) is 5.95 Å². The number of hydrogen-bond donors (Lipinski definition) is 2. The van der Waals surface area contributed by atoms with Gasteiger partial charge in [0, 0.05) is 17.6 Å². The normalized spacial score (nSPS) is 12.5. The van der Waals surface area contributed by atoms with Crippen LogP contribution in [0.4, 0.5) is 36.3 Å². The standard InChI is InChI=1S/C24H27F3N4O/c1-5-16(4)32-18-12-10-17(11-13-18)29-23-28-14-20(24(25,26)27)22(31-23)30-21-9-7-6-8-19(21)15(2)3/h6-16H,5H2,1-4H3,(H2,28,29,30,31). The largest absolute Gasteiger partial charge is 0.491 e. The highest BCUT2D eigenvalue weighted by atomic mass is 19.4. The first kappa shape index (κ1) is 23.4. The molecule has 3 aromatic rings. The lowest BCUT2D eigenvalue weighted by Crippen LogP contribution is -2.13. The molecule has 0 saturated heterocycles. The zero-order valence-electron chi connectivity index (χ0n) is 18.5. The fourth-order valence-corrected chi connectivity index (χ4v) is 3.05. The van der Waals surface area contributed by atoms with Crippen LogP contribution in [-0.4, -0.2) is 16.1 Å². The van der Waals surface area contributed by atoms with E-state index in [0.29, 0.717) is 17.1 Å². The first-order chi connectivity index (χ1) is 15.2. The van der Waals surface area contributed by atoms with E-state index in [4.69, 9.17) is 4.74 Å². The Morgan fingerprint density at radius 3 is 2.28 bits per heavy atom. The van der Waals surface area contributed by atoms with Crippen LogP contribution in [0.25, 0.3) is 0 Å². The number of rotatable bonds is 8. The summed E-state index contributed by atoms with van der Waals surface area (Å²) in [5.41, 5.74) is 1.17. The van der Waals surface area contributed by atoms with Gasteiger partial charge >= 0.3 is 6.18 Å². The average molecular weight is 445 g/mol. The van der Waals surface area contributed by atoms with E-state index in [-0.39, 0.29) is 23.8 Å². The molecule has 2 N–H and O–H groups in total. The van der Waals surface area contributed by atoms with Crippen LogP contribution in [-0.2, 0) is 6.18 Å². The highest BCUT2D eigenvalue weighted by Gasteiger charge is 2.35. The molecule has 0 radical (unpaired) electrons. The summed E-state index contributed by atoms with van der Waals surface area (Å²) >= 11 is 0. The number of hydrogen-bond acceptors (Lipinski definition) is 5. The third-order valence-electron chi connectivity index (χ3n) is 4.95. The smallest absolute Gasteiger partial charge is 0.421 e. The van der Waals surface area contributed by atoms with E-state index in [1.165, 1.54) is 0 Å². The van der Waals surface area contributed by atoms with E-state index in [2.05, 4.69) is 20.6 Å². The second-order valence-corrected chi connectivity index (χ2v) is 7.81. The summed E-state index contributed by atoms with van der Waals surface area (Å²) in [7, 11) is 0. The number of anilines is 4. The molecule has 1 atom stereocenters. The van der Waals surface area contributed by atoms with Gasteiger partial charge in [0.25, 0.3) is 0 Å². The Bertz CT molecular complexity index is 1040. The summed E-state index contributed by atoms with van der Waals surface area (Å²) < 4.78 is 46.5. The van der Waals surface area contributed by atoms with Gasteiger partial charge in [0.15, 0.2) is 0 Å². The second kappa shape index (κ2) is 9.89. The summed E-state index contributed by atoms with van der Waals surface area (Å²) in [6.45, 7) is 7.97. The molecular weight excluding hydrogens is 417 g/mol. The first-order valence-corrected chi connectivity index (χ1v) is 10.5. The molecule has 1 unspecified atom stereocenters. The van der Waals surface area contributed by atoms with Crippen LogP contribution in [0.2, 0.25) is 0 Å². The molecule has 0 aliphatic carbocycles. The Balaban J connectivity index is 1.88. The molecule has 170 valence electrons. The summed E-state index contributed by atoms with van der Waals surface area (Å²) in [5, 5.41) is 5.82. The molecule has 5 nitrogen and oxygen atoms in total. The van der Waals surface area contributed by atoms with E-state index in [0.717, 1.165) is 18.2 Å². The highest BCUT2D eigenvalue weighted by Crippen LogP contribution is 2.36. The van der Waals surface area contributed by atoms with Crippen molar-refractivity contribution in [1.29, 1.82) is 0 Å². The van der Waals surface area contributed by atoms with Crippen molar-refractivity contribution in [3.8, 4) is 5.75 Å². The molecule has 0 spiro atoms. The third kappa shape index (κ3) is 5.90.